The van der Waals surface area contributed by atoms with Crippen LogP contribution in [0.15, 0.2) is 42.5 Å². The lowest BCUT2D eigenvalue weighted by molar-refractivity contribution is 0.621. The number of benzene rings is 2. The van der Waals surface area contributed by atoms with E-state index in [9.17, 15) is 4.39 Å². The molecule has 19 heavy (non-hydrogen) atoms. The zero-order valence-electron chi connectivity index (χ0n) is 10.7. The fraction of sp³-hybridized carbons (Fsp3) is 0.250. The summed E-state index contributed by atoms with van der Waals surface area (Å²) in [6.45, 7) is 2.02. The van der Waals surface area contributed by atoms with Crippen molar-refractivity contribution in [2.75, 3.05) is 5.33 Å². The third-order valence-corrected chi connectivity index (χ3v) is 4.31. The van der Waals surface area contributed by atoms with Crippen LogP contribution in [0.2, 0.25) is 5.02 Å². The smallest absolute Gasteiger partial charge is 0.123 e. The fourth-order valence-electron chi connectivity index (χ4n) is 2.11. The summed E-state index contributed by atoms with van der Waals surface area (Å²) >= 11 is 9.77. The quantitative estimate of drug-likeness (QED) is 0.643. The van der Waals surface area contributed by atoms with Crippen LogP contribution < -0.4 is 0 Å². The summed E-state index contributed by atoms with van der Waals surface area (Å²) in [6.07, 6.45) is 0.799. The maximum Gasteiger partial charge on any atom is 0.123 e. The van der Waals surface area contributed by atoms with E-state index in [0.717, 1.165) is 33.5 Å². The summed E-state index contributed by atoms with van der Waals surface area (Å²) in [4.78, 5) is 0. The predicted octanol–water partition coefficient (Wildman–Crippen LogP) is 5.51. The van der Waals surface area contributed by atoms with Crippen molar-refractivity contribution in [2.24, 2.45) is 0 Å². The molecule has 0 saturated heterocycles. The topological polar surface area (TPSA) is 0 Å². The van der Waals surface area contributed by atoms with Crippen LogP contribution in [0.25, 0.3) is 0 Å². The Morgan fingerprint density at radius 3 is 2.63 bits per heavy atom. The highest BCUT2D eigenvalue weighted by atomic mass is 79.9. The highest BCUT2D eigenvalue weighted by Crippen LogP contribution is 2.27. The molecule has 0 aliphatic rings. The first-order chi connectivity index (χ1) is 9.10. The van der Waals surface area contributed by atoms with Crippen molar-refractivity contribution in [3.8, 4) is 0 Å². The van der Waals surface area contributed by atoms with E-state index in [0.29, 0.717) is 0 Å². The van der Waals surface area contributed by atoms with E-state index >= 15 is 0 Å². The van der Waals surface area contributed by atoms with Crippen LogP contribution in [0.4, 0.5) is 4.39 Å². The minimum Gasteiger partial charge on any atom is -0.207 e. The van der Waals surface area contributed by atoms with E-state index in [2.05, 4.69) is 22.0 Å². The number of rotatable bonds is 4. The van der Waals surface area contributed by atoms with Gasteiger partial charge in [0.15, 0.2) is 0 Å². The van der Waals surface area contributed by atoms with Crippen LogP contribution in [0.3, 0.4) is 0 Å². The highest BCUT2D eigenvalue weighted by Gasteiger charge is 2.13. The van der Waals surface area contributed by atoms with Crippen LogP contribution in [0.5, 0.6) is 0 Å². The van der Waals surface area contributed by atoms with Gasteiger partial charge in [-0.3, -0.25) is 0 Å². The zero-order valence-corrected chi connectivity index (χ0v) is 13.0. The predicted molar refractivity (Wildman–Crippen MR) is 82.8 cm³/mol. The summed E-state index contributed by atoms with van der Waals surface area (Å²) < 4.78 is 13.3. The molecular weight excluding hydrogens is 327 g/mol. The Hall–Kier alpha value is -0.860. The lowest BCUT2D eigenvalue weighted by Gasteiger charge is -2.16. The molecule has 0 nitrogen and oxygen atoms in total. The Morgan fingerprint density at radius 1 is 1.21 bits per heavy atom. The first-order valence-electron chi connectivity index (χ1n) is 6.16. The van der Waals surface area contributed by atoms with E-state index in [1.807, 2.05) is 25.1 Å². The number of halogens is 3. The van der Waals surface area contributed by atoms with Crippen LogP contribution in [-0.4, -0.2) is 5.33 Å². The Bertz CT molecular complexity index is 568. The molecule has 0 spiro atoms. The van der Waals surface area contributed by atoms with Crippen molar-refractivity contribution < 1.29 is 4.39 Å². The van der Waals surface area contributed by atoms with Crippen LogP contribution in [0.1, 0.15) is 22.6 Å². The first kappa shape index (κ1) is 14.5. The molecule has 0 aromatic heterocycles. The molecule has 0 amide bonds. The van der Waals surface area contributed by atoms with E-state index < -0.39 is 0 Å². The molecule has 3 heteroatoms. The van der Waals surface area contributed by atoms with Gasteiger partial charge in [-0.05, 0) is 54.2 Å². The van der Waals surface area contributed by atoms with Crippen molar-refractivity contribution in [1.29, 1.82) is 0 Å². The first-order valence-corrected chi connectivity index (χ1v) is 7.66. The molecule has 2 aromatic rings. The van der Waals surface area contributed by atoms with Crippen molar-refractivity contribution in [3.05, 3.63) is 70.0 Å². The van der Waals surface area contributed by atoms with Crippen LogP contribution in [0, 0.1) is 12.7 Å². The number of aryl methyl sites for hydroxylation is 1. The maximum absolute atomic E-state index is 13.3. The summed E-state index contributed by atoms with van der Waals surface area (Å²) in [5.41, 5.74) is 3.24. The summed E-state index contributed by atoms with van der Waals surface area (Å²) in [5, 5.41) is 1.56. The van der Waals surface area contributed by atoms with Gasteiger partial charge in [-0.1, -0.05) is 51.8 Å². The van der Waals surface area contributed by atoms with E-state index in [1.165, 1.54) is 6.07 Å². The normalized spacial score (nSPS) is 12.4. The molecule has 2 rings (SSSR count). The number of hydrogen-bond donors (Lipinski definition) is 0. The molecule has 0 aliphatic carbocycles. The van der Waals surface area contributed by atoms with Crippen molar-refractivity contribution in [3.63, 3.8) is 0 Å². The van der Waals surface area contributed by atoms with E-state index in [4.69, 9.17) is 11.6 Å². The second-order valence-electron chi connectivity index (χ2n) is 4.71. The molecule has 0 heterocycles. The van der Waals surface area contributed by atoms with Gasteiger partial charge in [0.2, 0.25) is 0 Å². The van der Waals surface area contributed by atoms with Crippen LogP contribution in [-0.2, 0) is 6.42 Å². The second-order valence-corrected chi connectivity index (χ2v) is 5.76. The largest absolute Gasteiger partial charge is 0.207 e. The lowest BCUT2D eigenvalue weighted by Crippen LogP contribution is -2.05. The minimum absolute atomic E-state index is 0.196. The Morgan fingerprint density at radius 2 is 2.00 bits per heavy atom. The Labute approximate surface area is 126 Å². The summed E-state index contributed by atoms with van der Waals surface area (Å²) in [7, 11) is 0. The lowest BCUT2D eigenvalue weighted by atomic mass is 9.93. The number of alkyl halides is 1. The highest BCUT2D eigenvalue weighted by molar-refractivity contribution is 9.09. The van der Waals surface area contributed by atoms with Gasteiger partial charge >= 0.3 is 0 Å². The van der Waals surface area contributed by atoms with Gasteiger partial charge in [0, 0.05) is 10.4 Å². The van der Waals surface area contributed by atoms with Gasteiger partial charge in [-0.15, -0.1) is 0 Å². The molecule has 0 saturated carbocycles. The molecule has 2 aromatic carbocycles. The molecule has 1 unspecified atom stereocenters. The van der Waals surface area contributed by atoms with Gasteiger partial charge in [0.1, 0.15) is 5.82 Å². The average Bonchev–Trinajstić information content (AvgIpc) is 2.38. The van der Waals surface area contributed by atoms with Gasteiger partial charge in [-0.25, -0.2) is 4.39 Å². The van der Waals surface area contributed by atoms with Gasteiger partial charge in [0.25, 0.3) is 0 Å². The van der Waals surface area contributed by atoms with Crippen molar-refractivity contribution in [2.45, 2.75) is 19.3 Å². The molecule has 0 radical (unpaired) electrons. The molecule has 1 atom stereocenters. The molecule has 0 N–H and O–H groups in total. The van der Waals surface area contributed by atoms with Gasteiger partial charge in [-0.2, -0.15) is 0 Å². The van der Waals surface area contributed by atoms with Gasteiger partial charge < -0.3 is 0 Å². The Balaban J connectivity index is 2.24. The van der Waals surface area contributed by atoms with E-state index in [1.54, 1.807) is 12.1 Å². The maximum atomic E-state index is 13.3. The Kier molecular flexibility index (Phi) is 5.00. The standard InChI is InChI=1S/C16H15BrClF/c1-11-5-6-13(16(18)7-11)8-14(10-17)12-3-2-4-15(19)9-12/h2-7,9,14H,8,10H2,1H3. The minimum atomic E-state index is -0.196. The van der Waals surface area contributed by atoms with Crippen molar-refractivity contribution >= 4 is 27.5 Å². The number of hydrogen-bond acceptors (Lipinski definition) is 0. The summed E-state index contributed by atoms with van der Waals surface area (Å²) in [5.74, 6) is 0.0226. The second kappa shape index (κ2) is 6.53. The monoisotopic (exact) mass is 340 g/mol. The van der Waals surface area contributed by atoms with Crippen molar-refractivity contribution in [1.82, 2.24) is 0 Å². The average molecular weight is 342 g/mol. The third-order valence-electron chi connectivity index (χ3n) is 3.18. The summed E-state index contributed by atoms with van der Waals surface area (Å²) in [6, 6.07) is 12.8. The van der Waals surface area contributed by atoms with Crippen LogP contribution >= 0.6 is 27.5 Å². The molecule has 0 aliphatic heterocycles. The molecule has 100 valence electrons. The SMILES string of the molecule is Cc1ccc(CC(CBr)c2cccc(F)c2)c(Cl)c1. The van der Waals surface area contributed by atoms with E-state index in [-0.39, 0.29) is 11.7 Å². The third kappa shape index (κ3) is 3.80. The molecule has 0 fully saturated rings. The zero-order chi connectivity index (χ0) is 13.8. The molecular formula is C16H15BrClF. The fourth-order valence-corrected chi connectivity index (χ4v) is 3.02. The molecule has 0 bridgehead atoms. The van der Waals surface area contributed by atoms with Gasteiger partial charge in [0.05, 0.1) is 0 Å².